The van der Waals surface area contributed by atoms with Crippen LogP contribution in [-0.4, -0.2) is 31.0 Å². The average Bonchev–Trinajstić information content (AvgIpc) is 2.93. The van der Waals surface area contributed by atoms with Crippen LogP contribution in [0.1, 0.15) is 22.6 Å². The molecule has 5 aromatic rings. The average molecular weight is 562 g/mol. The molecule has 12 heteroatoms. The van der Waals surface area contributed by atoms with Crippen LogP contribution >= 0.6 is 11.6 Å². The summed E-state index contributed by atoms with van der Waals surface area (Å²) in [6.07, 6.45) is -2.21. The zero-order valence-corrected chi connectivity index (χ0v) is 21.3. The van der Waals surface area contributed by atoms with E-state index in [1.54, 1.807) is 30.3 Å². The van der Waals surface area contributed by atoms with E-state index < -0.39 is 11.7 Å². The minimum Gasteiger partial charge on any atom is -0.382 e. The Morgan fingerprint density at radius 3 is 2.50 bits per heavy atom. The number of aromatic nitrogens is 5. The van der Waals surface area contributed by atoms with Crippen molar-refractivity contribution in [2.75, 3.05) is 17.6 Å². The number of benzene rings is 2. The van der Waals surface area contributed by atoms with Crippen molar-refractivity contribution in [3.63, 3.8) is 0 Å². The van der Waals surface area contributed by atoms with Crippen molar-refractivity contribution in [1.82, 2.24) is 24.5 Å². The highest BCUT2D eigenvalue weighted by atomic mass is 35.5. The monoisotopic (exact) mass is 561 g/mol. The first-order chi connectivity index (χ1) is 19.2. The molecule has 0 aliphatic heterocycles. The van der Waals surface area contributed by atoms with Crippen molar-refractivity contribution in [2.45, 2.75) is 12.6 Å². The molecule has 0 unspecified atom stereocenters. The van der Waals surface area contributed by atoms with E-state index in [2.05, 4.69) is 32.1 Å². The topological polar surface area (TPSA) is 112 Å². The van der Waals surface area contributed by atoms with Gasteiger partial charge in [-0.1, -0.05) is 41.8 Å². The first kappa shape index (κ1) is 26.6. The lowest BCUT2D eigenvalue weighted by atomic mass is 10.2. The summed E-state index contributed by atoms with van der Waals surface area (Å²) in [5.41, 5.74) is 6.33. The molecule has 2 aromatic carbocycles. The first-order valence-electron chi connectivity index (χ1n) is 11.9. The number of hydrogen-bond acceptors (Lipinski definition) is 7. The summed E-state index contributed by atoms with van der Waals surface area (Å²) in [6, 6.07) is 16.3. The van der Waals surface area contributed by atoms with Crippen LogP contribution in [0.5, 0.6) is 0 Å². The summed E-state index contributed by atoms with van der Waals surface area (Å²) in [6.45, 7) is 0.287. The molecular formula is C28H19ClF3N7O. The van der Waals surface area contributed by atoms with Crippen LogP contribution in [0.15, 0.2) is 78.0 Å². The van der Waals surface area contributed by atoms with E-state index in [1.165, 1.54) is 17.0 Å². The number of alkyl halides is 3. The molecule has 0 amide bonds. The van der Waals surface area contributed by atoms with Gasteiger partial charge >= 0.3 is 6.18 Å². The van der Waals surface area contributed by atoms with Crippen molar-refractivity contribution < 1.29 is 13.2 Å². The maximum Gasteiger partial charge on any atom is 0.417 e. The molecule has 8 nitrogen and oxygen atoms in total. The standard InChI is InChI=1S/C28H19ClF3N7O/c29-21-7-4-8-22-24(21)27(40)39(19-5-2-1-3-6-19)23(38-22)13-14-34-26-20(25(33)36-16-37-26)12-11-18-10-9-17(15-35-18)28(30,31)32/h1-10,15-16H,13-14H2,(H3,33,34,36,37). The zero-order valence-electron chi connectivity index (χ0n) is 20.6. The van der Waals surface area contributed by atoms with Gasteiger partial charge in [0, 0.05) is 19.2 Å². The van der Waals surface area contributed by atoms with Gasteiger partial charge in [0.15, 0.2) is 0 Å². The number of nitrogens with zero attached hydrogens (tertiary/aromatic N) is 5. The highest BCUT2D eigenvalue weighted by Gasteiger charge is 2.30. The fraction of sp³-hybridized carbons (Fsp3) is 0.107. The quantitative estimate of drug-likeness (QED) is 0.294. The lowest BCUT2D eigenvalue weighted by molar-refractivity contribution is -0.137. The highest BCUT2D eigenvalue weighted by molar-refractivity contribution is 6.35. The Morgan fingerprint density at radius 1 is 0.975 bits per heavy atom. The number of rotatable bonds is 5. The van der Waals surface area contributed by atoms with Crippen LogP contribution in [0.2, 0.25) is 5.02 Å². The van der Waals surface area contributed by atoms with Crippen LogP contribution in [0.4, 0.5) is 24.8 Å². The number of nitrogens with two attached hydrogens (primary N) is 1. The van der Waals surface area contributed by atoms with E-state index in [-0.39, 0.29) is 29.2 Å². The van der Waals surface area contributed by atoms with Gasteiger partial charge in [-0.25, -0.2) is 19.9 Å². The molecule has 0 spiro atoms. The van der Waals surface area contributed by atoms with Gasteiger partial charge in [0.05, 0.1) is 27.2 Å². The van der Waals surface area contributed by atoms with Crippen molar-refractivity contribution in [1.29, 1.82) is 0 Å². The molecule has 0 saturated carbocycles. The number of pyridine rings is 1. The largest absolute Gasteiger partial charge is 0.417 e. The maximum atomic E-state index is 13.5. The second-order valence-corrected chi connectivity index (χ2v) is 8.88. The fourth-order valence-corrected chi connectivity index (χ4v) is 4.21. The Balaban J connectivity index is 1.43. The number of anilines is 2. The molecule has 3 N–H and O–H groups in total. The van der Waals surface area contributed by atoms with Gasteiger partial charge in [-0.3, -0.25) is 9.36 Å². The summed E-state index contributed by atoms with van der Waals surface area (Å²) in [7, 11) is 0. The van der Waals surface area contributed by atoms with Gasteiger partial charge in [-0.05, 0) is 42.3 Å². The fourth-order valence-electron chi connectivity index (χ4n) is 3.96. The molecule has 0 radical (unpaired) electrons. The Labute approximate surface area is 230 Å². The Hall–Kier alpha value is -4.95. The lowest BCUT2D eigenvalue weighted by Crippen LogP contribution is -2.25. The second-order valence-electron chi connectivity index (χ2n) is 8.48. The van der Waals surface area contributed by atoms with Crippen molar-refractivity contribution in [3.05, 3.63) is 111 Å². The molecule has 5 rings (SSSR count). The van der Waals surface area contributed by atoms with Crippen LogP contribution in [0, 0.1) is 11.8 Å². The summed E-state index contributed by atoms with van der Waals surface area (Å²) >= 11 is 6.33. The number of hydrogen-bond donors (Lipinski definition) is 2. The first-order valence-corrected chi connectivity index (χ1v) is 12.3. The van der Waals surface area contributed by atoms with E-state index >= 15 is 0 Å². The minimum absolute atomic E-state index is 0.0802. The molecule has 0 saturated heterocycles. The lowest BCUT2D eigenvalue weighted by Gasteiger charge is -2.15. The molecule has 0 atom stereocenters. The summed E-state index contributed by atoms with van der Waals surface area (Å²) in [5, 5.41) is 3.77. The van der Waals surface area contributed by atoms with Crippen LogP contribution in [0.25, 0.3) is 16.6 Å². The minimum atomic E-state index is -4.49. The molecule has 3 heterocycles. The molecule has 0 aliphatic rings. The van der Waals surface area contributed by atoms with E-state index in [4.69, 9.17) is 22.3 Å². The molecule has 200 valence electrons. The summed E-state index contributed by atoms with van der Waals surface area (Å²) in [5.74, 6) is 6.36. The zero-order chi connectivity index (χ0) is 28.3. The van der Waals surface area contributed by atoms with E-state index in [0.29, 0.717) is 45.9 Å². The Kier molecular flexibility index (Phi) is 7.35. The van der Waals surface area contributed by atoms with Gasteiger partial charge in [0.25, 0.3) is 5.56 Å². The number of halogens is 4. The third-order valence-electron chi connectivity index (χ3n) is 5.85. The molecule has 0 bridgehead atoms. The van der Waals surface area contributed by atoms with E-state index in [0.717, 1.165) is 6.07 Å². The van der Waals surface area contributed by atoms with Gasteiger partial charge in [-0.2, -0.15) is 13.2 Å². The smallest absolute Gasteiger partial charge is 0.382 e. The normalized spacial score (nSPS) is 11.2. The Morgan fingerprint density at radius 2 is 1.77 bits per heavy atom. The molecular weight excluding hydrogens is 543 g/mol. The maximum absolute atomic E-state index is 13.5. The van der Waals surface area contributed by atoms with Crippen LogP contribution < -0.4 is 16.6 Å². The Bertz CT molecular complexity index is 1810. The van der Waals surface area contributed by atoms with E-state index in [9.17, 15) is 18.0 Å². The summed E-state index contributed by atoms with van der Waals surface area (Å²) in [4.78, 5) is 30.1. The van der Waals surface area contributed by atoms with Gasteiger partial charge < -0.3 is 11.1 Å². The van der Waals surface area contributed by atoms with Crippen molar-refractivity contribution in [3.8, 4) is 17.5 Å². The van der Waals surface area contributed by atoms with Crippen molar-refractivity contribution in [2.24, 2.45) is 0 Å². The highest BCUT2D eigenvalue weighted by Crippen LogP contribution is 2.28. The molecule has 3 aromatic heterocycles. The number of nitrogens with one attached hydrogen (secondary N) is 1. The van der Waals surface area contributed by atoms with Gasteiger partial charge in [-0.15, -0.1) is 0 Å². The van der Waals surface area contributed by atoms with Crippen LogP contribution in [-0.2, 0) is 12.6 Å². The number of para-hydroxylation sites is 1. The molecule has 40 heavy (non-hydrogen) atoms. The molecule has 0 aliphatic carbocycles. The predicted octanol–water partition coefficient (Wildman–Crippen LogP) is 4.88. The molecule has 0 fully saturated rings. The third kappa shape index (κ3) is 5.57. The van der Waals surface area contributed by atoms with E-state index in [1.807, 2.05) is 18.2 Å². The van der Waals surface area contributed by atoms with Crippen LogP contribution in [0.3, 0.4) is 0 Å². The third-order valence-corrected chi connectivity index (χ3v) is 6.17. The summed E-state index contributed by atoms with van der Waals surface area (Å²) < 4.78 is 39.9. The number of nitrogen functional groups attached to an aromatic ring is 1. The second kappa shape index (κ2) is 11.0. The van der Waals surface area contributed by atoms with Gasteiger partial charge in [0.1, 0.15) is 35.0 Å². The van der Waals surface area contributed by atoms with Gasteiger partial charge in [0.2, 0.25) is 0 Å². The SMILES string of the molecule is Nc1ncnc(NCCc2nc3cccc(Cl)c3c(=O)n2-c2ccccc2)c1C#Cc1ccc(C(F)(F)F)cn1. The predicted molar refractivity (Wildman–Crippen MR) is 146 cm³/mol. The number of fused-ring (bicyclic) bond motifs is 1. The van der Waals surface area contributed by atoms with Crippen molar-refractivity contribution >= 4 is 34.1 Å².